The van der Waals surface area contributed by atoms with Gasteiger partial charge in [0.2, 0.25) is 0 Å². The third-order valence-electron chi connectivity index (χ3n) is 15.5. The Kier molecular flexibility index (Phi) is 17.2. The molecule has 0 saturated heterocycles. The summed E-state index contributed by atoms with van der Waals surface area (Å²) in [4.78, 5) is 14.1. The number of rotatable bonds is 20. The number of hydrogen-bond donors (Lipinski definition) is 0. The Morgan fingerprint density at radius 1 is 0.337 bits per heavy atom. The van der Waals surface area contributed by atoms with Crippen LogP contribution in [0.4, 0.5) is 91.0 Å². The van der Waals surface area contributed by atoms with Crippen LogP contribution in [0.5, 0.6) is 0 Å². The van der Waals surface area contributed by atoms with E-state index in [1.165, 1.54) is 5.70 Å². The SMILES string of the molecule is C/C=C\C(=C/CC)N(c1ccccc1)c1ccc(N(c2ccc(N(c3ccccc3)c3ccccc3)cc2)c2ccc(N(c3ccc(N(C4=CCCC=C4)c4ccccc4)cc3)c3ccc(N(c4ccccc4)c4ccccc4)cc3)cc2C)cc1. The molecule has 6 heteroatoms. The first-order valence-corrected chi connectivity index (χ1v) is 29.8. The van der Waals surface area contributed by atoms with Crippen LogP contribution < -0.4 is 29.4 Å². The topological polar surface area (TPSA) is 19.4 Å². The van der Waals surface area contributed by atoms with E-state index >= 15 is 0 Å². The highest BCUT2D eigenvalue weighted by Gasteiger charge is 2.23. The number of aryl methyl sites for hydroxylation is 1. The average molecular weight is 1120 g/mol. The Bertz CT molecular complexity index is 3990. The normalized spacial score (nSPS) is 12.1. The molecule has 0 aromatic heterocycles. The molecule has 0 heterocycles. The molecule has 1 aliphatic rings. The number of anilines is 16. The molecule has 0 radical (unpaired) electrons. The predicted molar refractivity (Wildman–Crippen MR) is 367 cm³/mol. The van der Waals surface area contributed by atoms with Crippen LogP contribution in [0, 0.1) is 6.92 Å². The van der Waals surface area contributed by atoms with Crippen LogP contribution >= 0.6 is 0 Å². The summed E-state index contributed by atoms with van der Waals surface area (Å²) in [6, 6.07) is 107. The van der Waals surface area contributed by atoms with Gasteiger partial charge in [0.1, 0.15) is 0 Å². The Morgan fingerprint density at radius 3 is 0.988 bits per heavy atom. The first kappa shape index (κ1) is 55.7. The molecule has 11 aromatic rings. The maximum absolute atomic E-state index is 2.39. The molecule has 0 fully saturated rings. The minimum absolute atomic E-state index is 0.907. The zero-order chi connectivity index (χ0) is 58.4. The van der Waals surface area contributed by atoms with Crippen molar-refractivity contribution in [2.75, 3.05) is 29.4 Å². The number of nitrogens with zero attached hydrogens (tertiary/aromatic N) is 6. The van der Waals surface area contributed by atoms with Crippen LogP contribution in [-0.2, 0) is 0 Å². The average Bonchev–Trinajstić information content (AvgIpc) is 3.12. The van der Waals surface area contributed by atoms with E-state index in [9.17, 15) is 0 Å². The highest BCUT2D eigenvalue weighted by molar-refractivity contribution is 5.87. The predicted octanol–water partition coefficient (Wildman–Crippen LogP) is 23.3. The Balaban J connectivity index is 0.976. The Hall–Kier alpha value is -10.8. The summed E-state index contributed by atoms with van der Waals surface area (Å²) in [5.41, 5.74) is 20.6. The zero-order valence-corrected chi connectivity index (χ0v) is 49.1. The molecular formula is C80H70N6. The lowest BCUT2D eigenvalue weighted by Crippen LogP contribution is -2.17. The van der Waals surface area contributed by atoms with Gasteiger partial charge < -0.3 is 29.4 Å². The van der Waals surface area contributed by atoms with Crippen LogP contribution in [0.15, 0.2) is 345 Å². The molecule has 0 unspecified atom stereocenters. The molecule has 0 amide bonds. The highest BCUT2D eigenvalue weighted by Crippen LogP contribution is 2.46. The van der Waals surface area contributed by atoms with Crippen molar-refractivity contribution in [3.05, 3.63) is 351 Å². The van der Waals surface area contributed by atoms with Gasteiger partial charge in [-0.1, -0.05) is 140 Å². The molecule has 1 aliphatic carbocycles. The van der Waals surface area contributed by atoms with Gasteiger partial charge in [0.15, 0.2) is 0 Å². The van der Waals surface area contributed by atoms with Gasteiger partial charge in [-0.15, -0.1) is 0 Å². The van der Waals surface area contributed by atoms with Crippen LogP contribution in [0.1, 0.15) is 38.7 Å². The first-order valence-electron chi connectivity index (χ1n) is 29.8. The van der Waals surface area contributed by atoms with E-state index in [2.05, 4.69) is 384 Å². The third-order valence-corrected chi connectivity index (χ3v) is 15.5. The zero-order valence-electron chi connectivity index (χ0n) is 49.1. The van der Waals surface area contributed by atoms with Crippen molar-refractivity contribution in [2.24, 2.45) is 0 Å². The van der Waals surface area contributed by atoms with E-state index in [0.29, 0.717) is 0 Å². The molecule has 0 spiro atoms. The van der Waals surface area contributed by atoms with Crippen LogP contribution in [-0.4, -0.2) is 0 Å². The van der Waals surface area contributed by atoms with E-state index in [1.54, 1.807) is 0 Å². The van der Waals surface area contributed by atoms with Gasteiger partial charge in [-0.2, -0.15) is 0 Å². The van der Waals surface area contributed by atoms with Gasteiger partial charge in [0.25, 0.3) is 0 Å². The van der Waals surface area contributed by atoms with Gasteiger partial charge in [-0.3, -0.25) is 0 Å². The van der Waals surface area contributed by atoms with Crippen LogP contribution in [0.3, 0.4) is 0 Å². The van der Waals surface area contributed by atoms with Crippen molar-refractivity contribution < 1.29 is 0 Å². The Morgan fingerprint density at radius 2 is 0.640 bits per heavy atom. The molecule has 11 aromatic carbocycles. The second-order valence-electron chi connectivity index (χ2n) is 21.2. The van der Waals surface area contributed by atoms with Crippen LogP contribution in [0.25, 0.3) is 0 Å². The summed E-state index contributed by atoms with van der Waals surface area (Å²) in [5.74, 6) is 0. The van der Waals surface area contributed by atoms with Crippen molar-refractivity contribution >= 4 is 91.0 Å². The van der Waals surface area contributed by atoms with Crippen molar-refractivity contribution in [1.29, 1.82) is 0 Å². The number of allylic oxidation sites excluding steroid dienone is 6. The lowest BCUT2D eigenvalue weighted by molar-refractivity contribution is 0.997. The smallest absolute Gasteiger partial charge is 0.0492 e. The van der Waals surface area contributed by atoms with Gasteiger partial charge in [-0.25, -0.2) is 0 Å². The molecule has 86 heavy (non-hydrogen) atoms. The summed E-state index contributed by atoms with van der Waals surface area (Å²) in [7, 11) is 0. The number of benzene rings is 11. The molecule has 0 aliphatic heterocycles. The molecule has 0 bridgehead atoms. The monoisotopic (exact) mass is 1110 g/mol. The molecule has 0 N–H and O–H groups in total. The van der Waals surface area contributed by atoms with Crippen LogP contribution in [0.2, 0.25) is 0 Å². The second kappa shape index (κ2) is 26.6. The fraction of sp³-hybridized carbons (Fsp3) is 0.0750. The van der Waals surface area contributed by atoms with Crippen molar-refractivity contribution in [3.63, 3.8) is 0 Å². The second-order valence-corrected chi connectivity index (χ2v) is 21.2. The molecule has 420 valence electrons. The van der Waals surface area contributed by atoms with E-state index < -0.39 is 0 Å². The van der Waals surface area contributed by atoms with E-state index in [0.717, 1.165) is 122 Å². The maximum Gasteiger partial charge on any atom is 0.0492 e. The van der Waals surface area contributed by atoms with Crippen molar-refractivity contribution in [3.8, 4) is 0 Å². The largest absolute Gasteiger partial charge is 0.311 e. The number of hydrogen-bond acceptors (Lipinski definition) is 6. The van der Waals surface area contributed by atoms with E-state index in [1.807, 2.05) is 0 Å². The van der Waals surface area contributed by atoms with E-state index in [4.69, 9.17) is 0 Å². The maximum atomic E-state index is 2.39. The summed E-state index contributed by atoms with van der Waals surface area (Å²) in [5, 5.41) is 0. The summed E-state index contributed by atoms with van der Waals surface area (Å²) in [6.45, 7) is 6.51. The molecule has 6 nitrogen and oxygen atoms in total. The molecule has 0 atom stereocenters. The summed E-state index contributed by atoms with van der Waals surface area (Å²) < 4.78 is 0. The van der Waals surface area contributed by atoms with E-state index in [-0.39, 0.29) is 0 Å². The van der Waals surface area contributed by atoms with Gasteiger partial charge >= 0.3 is 0 Å². The Labute approximate surface area is 508 Å². The summed E-state index contributed by atoms with van der Waals surface area (Å²) >= 11 is 0. The standard InChI is InChI=1S/C80H70N6/c1-4-27-63(28-5-2)81(64-29-13-6-14-30-64)71-51-55-77(56-52-71)86(78-57-53-74(54-58-78)84(69-39-23-11-24-40-69)70-41-25-12-26-42-70)80-60-59-79(61-62(80)3)85(75-47-43-72(44-48-75)82(65-31-15-7-16-32-65)66-33-17-8-18-34-66)76-49-45-73(46-50-76)83(67-35-19-9-20-36-67)68-37-21-10-22-38-68/h4,6-9,11-21,23-61H,5,10,22H2,1-3H3/b27-4-,63-28+. The minimum atomic E-state index is 0.907. The minimum Gasteiger partial charge on any atom is -0.311 e. The summed E-state index contributed by atoms with van der Waals surface area (Å²) in [6.07, 6.45) is 16.4. The lowest BCUT2D eigenvalue weighted by atomic mass is 10.1. The van der Waals surface area contributed by atoms with Gasteiger partial charge in [0.05, 0.1) is 0 Å². The van der Waals surface area contributed by atoms with Crippen molar-refractivity contribution in [1.82, 2.24) is 0 Å². The first-order chi connectivity index (χ1) is 42.5. The lowest BCUT2D eigenvalue weighted by Gasteiger charge is -2.32. The number of para-hydroxylation sites is 6. The quantitative estimate of drug-likeness (QED) is 0.0704. The molecular weight excluding hydrogens is 1040 g/mol. The molecule has 0 saturated carbocycles. The van der Waals surface area contributed by atoms with Gasteiger partial charge in [0, 0.05) is 102 Å². The molecule has 12 rings (SSSR count). The fourth-order valence-electron chi connectivity index (χ4n) is 11.5. The third kappa shape index (κ3) is 12.3. The fourth-order valence-corrected chi connectivity index (χ4v) is 11.5. The highest BCUT2D eigenvalue weighted by atomic mass is 15.2. The van der Waals surface area contributed by atoms with Gasteiger partial charge in [-0.05, 0) is 239 Å². The van der Waals surface area contributed by atoms with Crippen molar-refractivity contribution in [2.45, 2.75) is 40.0 Å².